The van der Waals surface area contributed by atoms with Crippen LogP contribution in [0.5, 0.6) is 0 Å². The van der Waals surface area contributed by atoms with E-state index in [1.54, 1.807) is 6.07 Å². The van der Waals surface area contributed by atoms with Gasteiger partial charge in [0.25, 0.3) is 0 Å². The quantitative estimate of drug-likeness (QED) is 0.869. The van der Waals surface area contributed by atoms with Gasteiger partial charge in [0.15, 0.2) is 0 Å². The highest BCUT2D eigenvalue weighted by atomic mass is 19.4. The topological polar surface area (TPSA) is 52.9 Å². The maximum absolute atomic E-state index is 12.9. The van der Waals surface area contributed by atoms with Crippen molar-refractivity contribution < 1.29 is 22.4 Å². The van der Waals surface area contributed by atoms with Crippen molar-refractivity contribution in [1.82, 2.24) is 5.32 Å². The zero-order valence-electron chi connectivity index (χ0n) is 10.8. The van der Waals surface area contributed by atoms with Crippen molar-refractivity contribution in [1.29, 1.82) is 5.26 Å². The van der Waals surface area contributed by atoms with Crippen molar-refractivity contribution in [2.75, 3.05) is 0 Å². The van der Waals surface area contributed by atoms with Gasteiger partial charge in [0.1, 0.15) is 11.2 Å². The molecule has 0 bridgehead atoms. The standard InChI is InChI=1S/C13H12F4N2O/c1-12(2,7-18)11(20)19-6-8-3-4-9(14)5-10(8)13(15,16)17/h3-5H,6H2,1-2H3,(H,19,20). The highest BCUT2D eigenvalue weighted by Gasteiger charge is 2.34. The minimum absolute atomic E-state index is 0.263. The molecule has 1 amide bonds. The van der Waals surface area contributed by atoms with E-state index in [1.165, 1.54) is 13.8 Å². The van der Waals surface area contributed by atoms with Crippen molar-refractivity contribution in [3.63, 3.8) is 0 Å². The lowest BCUT2D eigenvalue weighted by Crippen LogP contribution is -2.35. The number of amides is 1. The highest BCUT2D eigenvalue weighted by Crippen LogP contribution is 2.32. The minimum Gasteiger partial charge on any atom is -0.351 e. The number of nitriles is 1. The Kier molecular flexibility index (Phi) is 4.38. The molecule has 1 rings (SSSR count). The molecule has 0 aliphatic rings. The molecular weight excluding hydrogens is 276 g/mol. The summed E-state index contributed by atoms with van der Waals surface area (Å²) in [6, 6.07) is 3.95. The van der Waals surface area contributed by atoms with Crippen LogP contribution in [-0.4, -0.2) is 5.91 Å². The molecule has 0 spiro atoms. The van der Waals surface area contributed by atoms with Gasteiger partial charge in [0.05, 0.1) is 11.6 Å². The number of hydrogen-bond acceptors (Lipinski definition) is 2. The van der Waals surface area contributed by atoms with E-state index in [0.29, 0.717) is 6.07 Å². The summed E-state index contributed by atoms with van der Waals surface area (Å²) >= 11 is 0. The molecular formula is C13H12F4N2O. The van der Waals surface area contributed by atoms with E-state index < -0.39 is 35.4 Å². The van der Waals surface area contributed by atoms with Crippen LogP contribution in [-0.2, 0) is 17.5 Å². The molecule has 0 fully saturated rings. The van der Waals surface area contributed by atoms with Crippen LogP contribution in [0.3, 0.4) is 0 Å². The zero-order chi connectivity index (χ0) is 15.6. The number of nitrogens with one attached hydrogen (secondary N) is 1. The third-order valence-corrected chi connectivity index (χ3v) is 2.66. The SMILES string of the molecule is CC(C)(C#N)C(=O)NCc1ccc(F)cc1C(F)(F)F. The molecule has 7 heteroatoms. The number of carbonyl (C=O) groups is 1. The average Bonchev–Trinajstić information content (AvgIpc) is 2.35. The van der Waals surface area contributed by atoms with Crippen molar-refractivity contribution in [2.45, 2.75) is 26.6 Å². The molecule has 0 aliphatic carbocycles. The van der Waals surface area contributed by atoms with Crippen molar-refractivity contribution >= 4 is 5.91 Å². The van der Waals surface area contributed by atoms with Crippen LogP contribution in [0.25, 0.3) is 0 Å². The summed E-state index contributed by atoms with van der Waals surface area (Å²) in [4.78, 5) is 11.6. The van der Waals surface area contributed by atoms with E-state index in [9.17, 15) is 22.4 Å². The van der Waals surface area contributed by atoms with E-state index >= 15 is 0 Å². The fourth-order valence-electron chi connectivity index (χ4n) is 1.41. The highest BCUT2D eigenvalue weighted by molar-refractivity contribution is 5.84. The average molecular weight is 288 g/mol. The number of halogens is 4. The van der Waals surface area contributed by atoms with Crippen LogP contribution in [0.1, 0.15) is 25.0 Å². The second kappa shape index (κ2) is 5.49. The molecule has 1 aromatic carbocycles. The molecule has 0 saturated carbocycles. The van der Waals surface area contributed by atoms with Crippen molar-refractivity contribution in [2.24, 2.45) is 5.41 Å². The van der Waals surface area contributed by atoms with Crippen molar-refractivity contribution in [3.8, 4) is 6.07 Å². The van der Waals surface area contributed by atoms with Crippen molar-refractivity contribution in [3.05, 3.63) is 35.1 Å². The third kappa shape index (κ3) is 3.70. The minimum atomic E-state index is -4.72. The van der Waals surface area contributed by atoms with Gasteiger partial charge in [-0.1, -0.05) is 6.07 Å². The summed E-state index contributed by atoms with van der Waals surface area (Å²) in [7, 11) is 0. The Balaban J connectivity index is 2.95. The predicted octanol–water partition coefficient (Wildman–Crippen LogP) is 3.01. The Morgan fingerprint density at radius 1 is 1.35 bits per heavy atom. The number of nitrogens with zero attached hydrogens (tertiary/aromatic N) is 1. The molecule has 0 radical (unpaired) electrons. The third-order valence-electron chi connectivity index (χ3n) is 2.66. The van der Waals surface area contributed by atoms with Gasteiger partial charge in [-0.25, -0.2) is 4.39 Å². The lowest BCUT2D eigenvalue weighted by atomic mass is 9.94. The van der Waals surface area contributed by atoms with E-state index in [4.69, 9.17) is 5.26 Å². The second-order valence-corrected chi connectivity index (χ2v) is 4.72. The van der Waals surface area contributed by atoms with Gasteiger partial charge in [-0.2, -0.15) is 18.4 Å². The smallest absolute Gasteiger partial charge is 0.351 e. The van der Waals surface area contributed by atoms with Gasteiger partial charge in [-0.05, 0) is 31.5 Å². The fraction of sp³-hybridized carbons (Fsp3) is 0.385. The maximum Gasteiger partial charge on any atom is 0.416 e. The van der Waals surface area contributed by atoms with E-state index in [0.717, 1.165) is 12.1 Å². The summed E-state index contributed by atoms with van der Waals surface area (Å²) in [6.45, 7) is 2.26. The number of carbonyl (C=O) groups excluding carboxylic acids is 1. The molecule has 108 valence electrons. The van der Waals surface area contributed by atoms with Crippen LogP contribution in [0.15, 0.2) is 18.2 Å². The fourth-order valence-corrected chi connectivity index (χ4v) is 1.41. The van der Waals surface area contributed by atoms with Gasteiger partial charge in [0, 0.05) is 6.54 Å². The molecule has 0 saturated heterocycles. The molecule has 0 unspecified atom stereocenters. The molecule has 20 heavy (non-hydrogen) atoms. The number of benzene rings is 1. The van der Waals surface area contributed by atoms with Crippen LogP contribution in [0.4, 0.5) is 17.6 Å². The summed E-state index contributed by atoms with van der Waals surface area (Å²) in [5.41, 5.74) is -2.76. The van der Waals surface area contributed by atoms with Gasteiger partial charge in [-0.15, -0.1) is 0 Å². The monoisotopic (exact) mass is 288 g/mol. The van der Waals surface area contributed by atoms with E-state index in [-0.39, 0.29) is 5.56 Å². The molecule has 0 heterocycles. The van der Waals surface area contributed by atoms with Gasteiger partial charge in [0.2, 0.25) is 5.91 Å². The number of alkyl halides is 3. The van der Waals surface area contributed by atoms with Crippen LogP contribution < -0.4 is 5.32 Å². The van der Waals surface area contributed by atoms with Crippen LogP contribution in [0.2, 0.25) is 0 Å². The summed E-state index contributed by atoms with van der Waals surface area (Å²) in [6.07, 6.45) is -4.72. The Morgan fingerprint density at radius 3 is 2.45 bits per heavy atom. The first-order valence-corrected chi connectivity index (χ1v) is 5.63. The summed E-state index contributed by atoms with van der Waals surface area (Å²) in [5, 5.41) is 11.0. The van der Waals surface area contributed by atoms with Gasteiger partial charge >= 0.3 is 6.18 Å². The Morgan fingerprint density at radius 2 is 1.95 bits per heavy atom. The Hall–Kier alpha value is -2.10. The lowest BCUT2D eigenvalue weighted by molar-refractivity contribution is -0.138. The van der Waals surface area contributed by atoms with Gasteiger partial charge in [-0.3, -0.25) is 4.79 Å². The Bertz CT molecular complexity index is 558. The first-order valence-electron chi connectivity index (χ1n) is 5.63. The van der Waals surface area contributed by atoms with Gasteiger partial charge < -0.3 is 5.32 Å². The van der Waals surface area contributed by atoms with E-state index in [1.807, 2.05) is 0 Å². The van der Waals surface area contributed by atoms with Crippen LogP contribution in [0, 0.1) is 22.6 Å². The number of rotatable bonds is 3. The zero-order valence-corrected chi connectivity index (χ0v) is 10.8. The molecule has 0 aliphatic heterocycles. The summed E-state index contributed by atoms with van der Waals surface area (Å²) in [5.74, 6) is -1.71. The first kappa shape index (κ1) is 16.0. The predicted molar refractivity (Wildman–Crippen MR) is 62.6 cm³/mol. The molecule has 3 nitrogen and oxygen atoms in total. The molecule has 1 N–H and O–H groups in total. The largest absolute Gasteiger partial charge is 0.416 e. The van der Waals surface area contributed by atoms with Crippen LogP contribution >= 0.6 is 0 Å². The normalized spacial score (nSPS) is 11.8. The molecule has 0 atom stereocenters. The first-order chi connectivity index (χ1) is 9.08. The summed E-state index contributed by atoms with van der Waals surface area (Å²) < 4.78 is 51.1. The molecule has 1 aromatic rings. The maximum atomic E-state index is 12.9. The second-order valence-electron chi connectivity index (χ2n) is 4.72. The number of hydrogen-bond donors (Lipinski definition) is 1. The molecule has 0 aromatic heterocycles. The lowest BCUT2D eigenvalue weighted by Gasteiger charge is -2.17. The Labute approximate surface area is 113 Å². The van der Waals surface area contributed by atoms with E-state index in [2.05, 4.69) is 5.32 Å².